The van der Waals surface area contributed by atoms with Crippen molar-refractivity contribution in [2.24, 2.45) is 0 Å². The Balaban J connectivity index is 1.14. The monoisotopic (exact) mass is 866 g/mol. The van der Waals surface area contributed by atoms with Crippen molar-refractivity contribution in [3.8, 4) is 0 Å². The quantitative estimate of drug-likeness (QED) is 0.0755. The van der Waals surface area contributed by atoms with Crippen LogP contribution in [0.3, 0.4) is 0 Å². The smallest absolute Gasteiger partial charge is 0.187 e. The lowest BCUT2D eigenvalue weighted by molar-refractivity contribution is -0.370. The Morgan fingerprint density at radius 3 is 1.11 bits per heavy atom. The molecular formula is C54H58O10. The van der Waals surface area contributed by atoms with Gasteiger partial charge in [0, 0.05) is 0 Å². The average Bonchev–Trinajstić information content (AvgIpc) is 3.34. The molecule has 10 heteroatoms. The number of benzene rings is 6. The highest BCUT2D eigenvalue weighted by Crippen LogP contribution is 2.36. The van der Waals surface area contributed by atoms with E-state index in [-0.39, 0.29) is 26.4 Å². The molecular weight excluding hydrogens is 809 g/mol. The molecule has 6 aromatic carbocycles. The Kier molecular flexibility index (Phi) is 16.9. The number of rotatable bonds is 21. The molecule has 0 bridgehead atoms. The topological polar surface area (TPSA) is 103 Å². The lowest BCUT2D eigenvalue weighted by Crippen LogP contribution is -2.65. The van der Waals surface area contributed by atoms with E-state index in [2.05, 4.69) is 0 Å². The Morgan fingerprint density at radius 1 is 0.375 bits per heavy atom. The lowest BCUT2D eigenvalue weighted by atomic mass is 9.96. The van der Waals surface area contributed by atoms with Crippen LogP contribution >= 0.6 is 0 Å². The molecule has 0 aromatic heterocycles. The molecule has 334 valence electrons. The summed E-state index contributed by atoms with van der Waals surface area (Å²) in [5.41, 5.74) is 5.87. The van der Waals surface area contributed by atoms with Crippen LogP contribution < -0.4 is 0 Å². The number of ether oxygens (including phenoxy) is 9. The molecule has 0 saturated carbocycles. The normalized spacial score (nSPS) is 25.8. The zero-order valence-corrected chi connectivity index (χ0v) is 36.2. The van der Waals surface area contributed by atoms with E-state index in [4.69, 9.17) is 42.6 Å². The molecule has 2 aliphatic rings. The SMILES string of the molecule is C[C@H]1O[C@@H](O[C@H]2[C@H](OCc3ccccc3)[C@@H](OCc3ccccc3)[C@H](O)O[C@@H]2COCc2ccccc2)[C@H](OCc2ccccc2)[C@@H](OCc2ccccc2)[C@H]1OCc1ccccc1. The minimum absolute atomic E-state index is 0.0712. The zero-order valence-electron chi connectivity index (χ0n) is 36.2. The Hall–Kier alpha value is -5.08. The minimum Gasteiger partial charge on any atom is -0.374 e. The summed E-state index contributed by atoms with van der Waals surface area (Å²) in [4.78, 5) is 0. The summed E-state index contributed by atoms with van der Waals surface area (Å²) >= 11 is 0. The zero-order chi connectivity index (χ0) is 43.8. The second-order valence-electron chi connectivity index (χ2n) is 16.2. The van der Waals surface area contributed by atoms with Gasteiger partial charge in [-0.25, -0.2) is 0 Å². The Bertz CT molecular complexity index is 2190. The molecule has 10 nitrogen and oxygen atoms in total. The van der Waals surface area contributed by atoms with Crippen LogP contribution in [0, 0.1) is 0 Å². The fraction of sp³-hybridized carbons (Fsp3) is 0.333. The van der Waals surface area contributed by atoms with Crippen molar-refractivity contribution in [1.82, 2.24) is 0 Å². The van der Waals surface area contributed by atoms with Gasteiger partial charge in [0.05, 0.1) is 52.4 Å². The number of aliphatic hydroxyl groups excluding tert-OH is 1. The number of aliphatic hydroxyl groups is 1. The number of hydrogen-bond acceptors (Lipinski definition) is 10. The summed E-state index contributed by atoms with van der Waals surface area (Å²) in [5.74, 6) is 0. The maximum atomic E-state index is 11.8. The van der Waals surface area contributed by atoms with Crippen molar-refractivity contribution in [2.45, 2.75) is 108 Å². The van der Waals surface area contributed by atoms with Gasteiger partial charge in [0.25, 0.3) is 0 Å². The van der Waals surface area contributed by atoms with E-state index in [0.29, 0.717) is 19.8 Å². The van der Waals surface area contributed by atoms with Crippen LogP contribution in [0.5, 0.6) is 0 Å². The van der Waals surface area contributed by atoms with E-state index < -0.39 is 61.4 Å². The van der Waals surface area contributed by atoms with Gasteiger partial charge in [-0.3, -0.25) is 0 Å². The third-order valence-corrected chi connectivity index (χ3v) is 11.4. The van der Waals surface area contributed by atoms with Crippen LogP contribution in [-0.2, 0) is 82.3 Å². The summed E-state index contributed by atoms with van der Waals surface area (Å²) in [5, 5.41) is 11.8. The van der Waals surface area contributed by atoms with Crippen molar-refractivity contribution >= 4 is 0 Å². The van der Waals surface area contributed by atoms with Crippen LogP contribution in [0.25, 0.3) is 0 Å². The summed E-state index contributed by atoms with van der Waals surface area (Å²) in [7, 11) is 0. The van der Waals surface area contributed by atoms with E-state index in [9.17, 15) is 5.11 Å². The highest BCUT2D eigenvalue weighted by Gasteiger charge is 2.53. The fourth-order valence-electron chi connectivity index (χ4n) is 8.09. The van der Waals surface area contributed by atoms with Crippen molar-refractivity contribution in [1.29, 1.82) is 0 Å². The first-order valence-corrected chi connectivity index (χ1v) is 22.1. The molecule has 10 atom stereocenters. The van der Waals surface area contributed by atoms with E-state index >= 15 is 0 Å². The highest BCUT2D eigenvalue weighted by atomic mass is 16.7. The molecule has 0 radical (unpaired) electrons. The standard InChI is InChI=1S/C54H58O10/c1-39-47(57-33-41-22-10-3-11-23-41)49(58-34-42-24-12-4-13-25-42)52(61-37-45-30-18-7-19-31-45)54(62-39)64-48-46(38-56-32-40-20-8-2-9-21-40)63-53(55)51(60-36-44-28-16-6-17-29-44)50(48)59-35-43-26-14-5-15-27-43/h2-31,39,46-55H,32-38H2,1H3/t39-,46-,47+,48-,49+,50+,51-,52-,53-,54+/m1/s1. The van der Waals surface area contributed by atoms with Gasteiger partial charge in [0.15, 0.2) is 12.6 Å². The molecule has 0 unspecified atom stereocenters. The molecule has 2 heterocycles. The van der Waals surface area contributed by atoms with Crippen LogP contribution in [0.2, 0.25) is 0 Å². The summed E-state index contributed by atoms with van der Waals surface area (Å²) in [6.45, 7) is 3.67. The van der Waals surface area contributed by atoms with Gasteiger partial charge in [-0.05, 0) is 40.3 Å². The van der Waals surface area contributed by atoms with Crippen LogP contribution in [0.15, 0.2) is 182 Å². The molecule has 2 saturated heterocycles. The maximum Gasteiger partial charge on any atom is 0.187 e. The van der Waals surface area contributed by atoms with Crippen LogP contribution in [-0.4, -0.2) is 73.1 Å². The summed E-state index contributed by atoms with van der Waals surface area (Å²) < 4.78 is 60.8. The first-order chi connectivity index (χ1) is 31.6. The van der Waals surface area contributed by atoms with Gasteiger partial charge in [0.1, 0.15) is 42.7 Å². The highest BCUT2D eigenvalue weighted by molar-refractivity contribution is 5.18. The third kappa shape index (κ3) is 12.8. The molecule has 6 aromatic rings. The van der Waals surface area contributed by atoms with Crippen molar-refractivity contribution in [2.75, 3.05) is 6.61 Å². The first kappa shape index (κ1) is 45.5. The molecule has 2 aliphatic heterocycles. The largest absolute Gasteiger partial charge is 0.374 e. The summed E-state index contributed by atoms with van der Waals surface area (Å²) in [6, 6.07) is 59.7. The lowest BCUT2D eigenvalue weighted by Gasteiger charge is -2.49. The molecule has 0 aliphatic carbocycles. The van der Waals surface area contributed by atoms with Crippen LogP contribution in [0.4, 0.5) is 0 Å². The maximum absolute atomic E-state index is 11.8. The third-order valence-electron chi connectivity index (χ3n) is 11.4. The van der Waals surface area contributed by atoms with Gasteiger partial charge >= 0.3 is 0 Å². The predicted octanol–water partition coefficient (Wildman–Crippen LogP) is 8.98. The van der Waals surface area contributed by atoms with Crippen molar-refractivity contribution in [3.05, 3.63) is 215 Å². The van der Waals surface area contributed by atoms with Gasteiger partial charge in [0.2, 0.25) is 0 Å². The van der Waals surface area contributed by atoms with Crippen molar-refractivity contribution in [3.63, 3.8) is 0 Å². The minimum atomic E-state index is -1.37. The predicted molar refractivity (Wildman–Crippen MR) is 241 cm³/mol. The summed E-state index contributed by atoms with van der Waals surface area (Å²) in [6.07, 6.45) is -8.44. The second-order valence-corrected chi connectivity index (χ2v) is 16.2. The second kappa shape index (κ2) is 23.7. The molecule has 2 fully saturated rings. The molecule has 1 N–H and O–H groups in total. The first-order valence-electron chi connectivity index (χ1n) is 22.1. The fourth-order valence-corrected chi connectivity index (χ4v) is 8.09. The molecule has 0 amide bonds. The Morgan fingerprint density at radius 2 is 0.703 bits per heavy atom. The molecule has 8 rings (SSSR count). The Labute approximate surface area is 376 Å². The van der Waals surface area contributed by atoms with Gasteiger partial charge in [-0.15, -0.1) is 0 Å². The van der Waals surface area contributed by atoms with Crippen LogP contribution in [0.1, 0.15) is 40.3 Å². The molecule has 0 spiro atoms. The van der Waals surface area contributed by atoms with E-state index in [0.717, 1.165) is 33.4 Å². The van der Waals surface area contributed by atoms with Gasteiger partial charge < -0.3 is 47.7 Å². The van der Waals surface area contributed by atoms with Gasteiger partial charge in [-0.2, -0.15) is 0 Å². The van der Waals surface area contributed by atoms with E-state index in [1.807, 2.05) is 189 Å². The average molecular weight is 867 g/mol. The number of hydrogen-bond donors (Lipinski definition) is 1. The van der Waals surface area contributed by atoms with E-state index in [1.54, 1.807) is 0 Å². The van der Waals surface area contributed by atoms with Crippen molar-refractivity contribution < 1.29 is 47.7 Å². The van der Waals surface area contributed by atoms with Gasteiger partial charge in [-0.1, -0.05) is 182 Å². The molecule has 64 heavy (non-hydrogen) atoms. The van der Waals surface area contributed by atoms with E-state index in [1.165, 1.54) is 0 Å².